The van der Waals surface area contributed by atoms with Crippen LogP contribution in [0.5, 0.6) is 5.75 Å². The molecule has 3 aromatic carbocycles. The van der Waals surface area contributed by atoms with E-state index in [2.05, 4.69) is 24.5 Å². The Morgan fingerprint density at radius 2 is 1.69 bits per heavy atom. The first-order valence-corrected chi connectivity index (χ1v) is 11.9. The molecule has 0 fully saturated rings. The van der Waals surface area contributed by atoms with E-state index in [0.717, 1.165) is 5.56 Å². The van der Waals surface area contributed by atoms with Gasteiger partial charge in [-0.15, -0.1) is 0 Å². The normalized spacial score (nSPS) is 14.9. The summed E-state index contributed by atoms with van der Waals surface area (Å²) in [4.78, 5) is 39.4. The van der Waals surface area contributed by atoms with Crippen molar-refractivity contribution in [1.82, 2.24) is 0 Å². The topological polar surface area (TPSA) is 87.7 Å². The molecule has 0 aromatic heterocycles. The third-order valence-electron chi connectivity index (χ3n) is 5.82. The maximum atomic E-state index is 12.9. The van der Waals surface area contributed by atoms with Crippen LogP contribution in [-0.4, -0.2) is 30.4 Å². The average molecular weight is 484 g/mol. The van der Waals surface area contributed by atoms with E-state index < -0.39 is 6.10 Å². The predicted molar refractivity (Wildman–Crippen MR) is 142 cm³/mol. The summed E-state index contributed by atoms with van der Waals surface area (Å²) in [6, 6.07) is 22.1. The van der Waals surface area contributed by atoms with Crippen LogP contribution in [0.15, 0.2) is 78.9 Å². The number of hydrogen-bond donors (Lipinski definition) is 2. The van der Waals surface area contributed by atoms with Crippen LogP contribution in [0.25, 0.3) is 6.08 Å². The Morgan fingerprint density at radius 3 is 2.39 bits per heavy atom. The molecule has 2 N–H and O–H groups in total. The van der Waals surface area contributed by atoms with Gasteiger partial charge in [0.05, 0.1) is 5.69 Å². The van der Waals surface area contributed by atoms with E-state index >= 15 is 0 Å². The van der Waals surface area contributed by atoms with Crippen LogP contribution in [0, 0.1) is 0 Å². The summed E-state index contributed by atoms with van der Waals surface area (Å²) < 4.78 is 5.72. The predicted octanol–water partition coefficient (Wildman–Crippen LogP) is 5.21. The molecule has 1 unspecified atom stereocenters. The van der Waals surface area contributed by atoms with Crippen molar-refractivity contribution in [3.8, 4) is 5.75 Å². The van der Waals surface area contributed by atoms with Crippen molar-refractivity contribution in [2.45, 2.75) is 32.8 Å². The molecule has 1 atom stereocenters. The molecule has 184 valence electrons. The van der Waals surface area contributed by atoms with Gasteiger partial charge in [-0.25, -0.2) is 0 Å². The number of ether oxygens (including phenoxy) is 1. The van der Waals surface area contributed by atoms with Gasteiger partial charge in [0.25, 0.3) is 5.91 Å². The van der Waals surface area contributed by atoms with Crippen LogP contribution in [0.3, 0.4) is 0 Å². The molecule has 7 nitrogen and oxygen atoms in total. The third-order valence-corrected chi connectivity index (χ3v) is 5.82. The van der Waals surface area contributed by atoms with E-state index in [0.29, 0.717) is 28.7 Å². The Morgan fingerprint density at radius 1 is 0.972 bits per heavy atom. The average Bonchev–Trinajstić information content (AvgIpc) is 2.86. The molecule has 7 heteroatoms. The smallest absolute Gasteiger partial charge is 0.268 e. The van der Waals surface area contributed by atoms with Crippen LogP contribution < -0.4 is 20.3 Å². The van der Waals surface area contributed by atoms with E-state index in [9.17, 15) is 14.4 Å². The first-order chi connectivity index (χ1) is 17.3. The Hall–Kier alpha value is -4.39. The number of rotatable bonds is 7. The highest BCUT2D eigenvalue weighted by atomic mass is 16.5. The summed E-state index contributed by atoms with van der Waals surface area (Å²) in [6.45, 7) is 5.72. The fourth-order valence-corrected chi connectivity index (χ4v) is 3.86. The fraction of sp³-hybridized carbons (Fsp3) is 0.207. The molecule has 0 aliphatic carbocycles. The molecule has 1 heterocycles. The van der Waals surface area contributed by atoms with Crippen LogP contribution >= 0.6 is 0 Å². The van der Waals surface area contributed by atoms with Crippen molar-refractivity contribution in [2.24, 2.45) is 0 Å². The van der Waals surface area contributed by atoms with E-state index in [4.69, 9.17) is 4.74 Å². The highest BCUT2D eigenvalue weighted by Crippen LogP contribution is 2.36. The molecular weight excluding hydrogens is 454 g/mol. The molecule has 0 bridgehead atoms. The summed E-state index contributed by atoms with van der Waals surface area (Å²) in [5, 5.41) is 5.60. The van der Waals surface area contributed by atoms with Crippen LogP contribution in [0.4, 0.5) is 17.1 Å². The van der Waals surface area contributed by atoms with Crippen molar-refractivity contribution < 1.29 is 19.1 Å². The molecule has 1 aliphatic heterocycles. The Bertz CT molecular complexity index is 1280. The lowest BCUT2D eigenvalue weighted by molar-refractivity contribution is -0.127. The van der Waals surface area contributed by atoms with E-state index in [1.54, 1.807) is 43.3 Å². The summed E-state index contributed by atoms with van der Waals surface area (Å²) in [7, 11) is 0. The van der Waals surface area contributed by atoms with E-state index in [1.807, 2.05) is 42.5 Å². The second-order valence-corrected chi connectivity index (χ2v) is 8.93. The number of benzene rings is 3. The Labute approximate surface area is 210 Å². The second kappa shape index (κ2) is 10.9. The minimum Gasteiger partial charge on any atom is -0.479 e. The van der Waals surface area contributed by atoms with Crippen LogP contribution in [0.2, 0.25) is 0 Å². The number of carbonyl (C=O) groups is 3. The summed E-state index contributed by atoms with van der Waals surface area (Å²) in [5.41, 5.74) is 3.70. The maximum absolute atomic E-state index is 12.9. The maximum Gasteiger partial charge on any atom is 0.268 e. The zero-order valence-corrected chi connectivity index (χ0v) is 20.5. The van der Waals surface area contributed by atoms with Crippen LogP contribution in [-0.2, 0) is 14.4 Å². The van der Waals surface area contributed by atoms with Crippen molar-refractivity contribution in [2.75, 3.05) is 22.1 Å². The van der Waals surface area contributed by atoms with Crippen molar-refractivity contribution in [3.05, 3.63) is 90.0 Å². The van der Waals surface area contributed by atoms with Gasteiger partial charge in [0.15, 0.2) is 6.10 Å². The van der Waals surface area contributed by atoms with Crippen molar-refractivity contribution >= 4 is 40.9 Å². The highest BCUT2D eigenvalue weighted by molar-refractivity contribution is 6.07. The van der Waals surface area contributed by atoms with Gasteiger partial charge in [-0.3, -0.25) is 19.3 Å². The zero-order valence-electron chi connectivity index (χ0n) is 20.5. The van der Waals surface area contributed by atoms with Gasteiger partial charge < -0.3 is 15.4 Å². The molecule has 3 amide bonds. The van der Waals surface area contributed by atoms with Gasteiger partial charge >= 0.3 is 0 Å². The molecule has 0 radical (unpaired) electrons. The first-order valence-electron chi connectivity index (χ1n) is 11.9. The summed E-state index contributed by atoms with van der Waals surface area (Å²) >= 11 is 0. The minimum absolute atomic E-state index is 0.182. The van der Waals surface area contributed by atoms with Crippen molar-refractivity contribution in [1.29, 1.82) is 0 Å². The summed E-state index contributed by atoms with van der Waals surface area (Å²) in [5.74, 6) is -0.0753. The summed E-state index contributed by atoms with van der Waals surface area (Å²) in [6.07, 6.45) is 2.47. The van der Waals surface area contributed by atoms with Gasteiger partial charge in [-0.2, -0.15) is 0 Å². The Kier molecular flexibility index (Phi) is 7.49. The zero-order chi connectivity index (χ0) is 25.7. The third kappa shape index (κ3) is 5.99. The number of amides is 3. The second-order valence-electron chi connectivity index (χ2n) is 8.93. The number of hydrogen-bond acceptors (Lipinski definition) is 4. The van der Waals surface area contributed by atoms with Crippen LogP contribution in [0.1, 0.15) is 37.8 Å². The lowest BCUT2D eigenvalue weighted by Gasteiger charge is -2.32. The number of carbonyl (C=O) groups excluding carboxylic acids is 3. The molecular formula is C29H29N3O4. The molecule has 0 saturated heterocycles. The Balaban J connectivity index is 1.47. The number of para-hydroxylation sites is 1. The molecule has 3 aromatic rings. The number of nitrogens with zero attached hydrogens (tertiary/aromatic N) is 1. The lowest BCUT2D eigenvalue weighted by Crippen LogP contribution is -2.47. The first kappa shape index (κ1) is 24.7. The number of anilines is 3. The SMILES string of the molecule is CC1Oc2ccc(NC(=O)/C=C/c3ccc(C(C)C)cc3)cc2N(CC(=O)Nc2ccccc2)C1=O. The van der Waals surface area contributed by atoms with Gasteiger partial charge in [0, 0.05) is 17.5 Å². The quantitative estimate of drug-likeness (QED) is 0.452. The molecule has 36 heavy (non-hydrogen) atoms. The monoisotopic (exact) mass is 483 g/mol. The standard InChI is InChI=1S/C29H29N3O4/c1-19(2)22-12-9-21(10-13-22)11-16-27(33)31-24-14-15-26-25(17-24)32(29(35)20(3)36-26)18-28(34)30-23-7-5-4-6-8-23/h4-17,19-20H,18H2,1-3H3,(H,30,34)(H,31,33)/b16-11+. The largest absolute Gasteiger partial charge is 0.479 e. The van der Waals surface area contributed by atoms with Gasteiger partial charge in [0.1, 0.15) is 12.3 Å². The number of fused-ring (bicyclic) bond motifs is 1. The molecule has 1 aliphatic rings. The van der Waals surface area contributed by atoms with Crippen molar-refractivity contribution in [3.63, 3.8) is 0 Å². The highest BCUT2D eigenvalue weighted by Gasteiger charge is 2.33. The van der Waals surface area contributed by atoms with Gasteiger partial charge in [-0.1, -0.05) is 56.3 Å². The minimum atomic E-state index is -0.729. The van der Waals surface area contributed by atoms with Gasteiger partial charge in [0.2, 0.25) is 11.8 Å². The molecule has 0 saturated carbocycles. The van der Waals surface area contributed by atoms with Gasteiger partial charge in [-0.05, 0) is 60.4 Å². The lowest BCUT2D eigenvalue weighted by atomic mass is 10.0. The molecule has 0 spiro atoms. The molecule has 4 rings (SSSR count). The van der Waals surface area contributed by atoms with E-state index in [-0.39, 0.29) is 24.3 Å². The number of nitrogens with one attached hydrogen (secondary N) is 2. The van der Waals surface area contributed by atoms with E-state index in [1.165, 1.54) is 16.5 Å². The fourth-order valence-electron chi connectivity index (χ4n) is 3.86.